The van der Waals surface area contributed by atoms with E-state index in [4.69, 9.17) is 23.2 Å². The van der Waals surface area contributed by atoms with Crippen LogP contribution >= 0.6 is 23.2 Å². The Morgan fingerprint density at radius 2 is 2.10 bits per heavy atom. The first-order valence-corrected chi connectivity index (χ1v) is 8.41. The van der Waals surface area contributed by atoms with Gasteiger partial charge >= 0.3 is 0 Å². The number of halogens is 2. The van der Waals surface area contributed by atoms with Crippen LogP contribution in [0.2, 0.25) is 5.02 Å². The fourth-order valence-corrected chi connectivity index (χ4v) is 3.43. The highest BCUT2D eigenvalue weighted by molar-refractivity contribution is 6.31. The third-order valence-electron chi connectivity index (χ3n) is 4.35. The van der Waals surface area contributed by atoms with Gasteiger partial charge in [-0.1, -0.05) is 18.5 Å². The molecule has 0 spiro atoms. The standard InChI is InChI=1S/C15H20Cl2N4/c1-2-20-5-3-11(4-6-20)10-21-14(8-16)19-13-7-12(17)9-18-15(13)21/h7,9,11H,2-6,8,10H2,1H3. The van der Waals surface area contributed by atoms with Crippen LogP contribution in [0, 0.1) is 5.92 Å². The topological polar surface area (TPSA) is 34.0 Å². The summed E-state index contributed by atoms with van der Waals surface area (Å²) in [5, 5.41) is 0.615. The minimum atomic E-state index is 0.405. The second-order valence-corrected chi connectivity index (χ2v) is 6.35. The molecular formula is C15H20Cl2N4. The van der Waals surface area contributed by atoms with E-state index < -0.39 is 0 Å². The zero-order valence-electron chi connectivity index (χ0n) is 12.2. The number of alkyl halides is 1. The Labute approximate surface area is 135 Å². The maximum Gasteiger partial charge on any atom is 0.160 e. The van der Waals surface area contributed by atoms with Gasteiger partial charge in [-0.25, -0.2) is 9.97 Å². The van der Waals surface area contributed by atoms with E-state index in [1.54, 1.807) is 6.20 Å². The van der Waals surface area contributed by atoms with Gasteiger partial charge < -0.3 is 9.47 Å². The molecule has 0 radical (unpaired) electrons. The van der Waals surface area contributed by atoms with E-state index in [0.29, 0.717) is 16.8 Å². The van der Waals surface area contributed by atoms with Crippen LogP contribution in [0.1, 0.15) is 25.6 Å². The normalized spacial score (nSPS) is 17.7. The van der Waals surface area contributed by atoms with E-state index in [1.165, 1.54) is 25.9 Å². The summed E-state index contributed by atoms with van der Waals surface area (Å²) in [5.74, 6) is 1.96. The van der Waals surface area contributed by atoms with Crippen LogP contribution in [0.3, 0.4) is 0 Å². The molecule has 114 valence electrons. The SMILES string of the molecule is CCN1CCC(Cn2c(CCl)nc3cc(Cl)cnc32)CC1. The van der Waals surface area contributed by atoms with Gasteiger partial charge in [0.15, 0.2) is 5.65 Å². The number of fused-ring (bicyclic) bond motifs is 1. The van der Waals surface area contributed by atoms with Crippen molar-refractivity contribution in [3.05, 3.63) is 23.1 Å². The van der Waals surface area contributed by atoms with Crippen molar-refractivity contribution in [3.8, 4) is 0 Å². The number of pyridine rings is 1. The molecule has 0 saturated carbocycles. The molecule has 3 rings (SSSR count). The van der Waals surface area contributed by atoms with E-state index in [0.717, 1.165) is 30.1 Å². The van der Waals surface area contributed by atoms with Gasteiger partial charge in [0.25, 0.3) is 0 Å². The molecule has 1 fully saturated rings. The average molecular weight is 327 g/mol. The highest BCUT2D eigenvalue weighted by Gasteiger charge is 2.21. The molecule has 2 aromatic heterocycles. The van der Waals surface area contributed by atoms with Gasteiger partial charge in [-0.05, 0) is 44.5 Å². The number of piperidine rings is 1. The molecule has 1 aliphatic heterocycles. The molecule has 0 unspecified atom stereocenters. The second-order valence-electron chi connectivity index (χ2n) is 5.65. The molecule has 1 aliphatic rings. The zero-order valence-corrected chi connectivity index (χ0v) is 13.7. The third kappa shape index (κ3) is 3.17. The molecule has 0 bridgehead atoms. The average Bonchev–Trinajstić information content (AvgIpc) is 2.85. The molecule has 0 N–H and O–H groups in total. The zero-order chi connectivity index (χ0) is 14.8. The van der Waals surface area contributed by atoms with Gasteiger partial charge in [0.1, 0.15) is 11.3 Å². The summed E-state index contributed by atoms with van der Waals surface area (Å²) in [5.41, 5.74) is 1.73. The number of rotatable bonds is 4. The minimum absolute atomic E-state index is 0.405. The van der Waals surface area contributed by atoms with Crippen molar-refractivity contribution in [2.24, 2.45) is 5.92 Å². The Hall–Kier alpha value is -0.840. The van der Waals surface area contributed by atoms with E-state index in [9.17, 15) is 0 Å². The summed E-state index contributed by atoms with van der Waals surface area (Å²) in [6.07, 6.45) is 4.13. The van der Waals surface area contributed by atoms with Gasteiger partial charge in [-0.3, -0.25) is 0 Å². The Morgan fingerprint density at radius 1 is 1.33 bits per heavy atom. The number of imidazole rings is 1. The van der Waals surface area contributed by atoms with Crippen LogP contribution < -0.4 is 0 Å². The highest BCUT2D eigenvalue weighted by Crippen LogP contribution is 2.24. The molecule has 21 heavy (non-hydrogen) atoms. The van der Waals surface area contributed by atoms with E-state index in [-0.39, 0.29) is 0 Å². The quantitative estimate of drug-likeness (QED) is 0.805. The number of likely N-dealkylation sites (tertiary alicyclic amines) is 1. The van der Waals surface area contributed by atoms with Crippen LogP contribution in [-0.4, -0.2) is 39.1 Å². The molecule has 0 amide bonds. The van der Waals surface area contributed by atoms with Crippen molar-refractivity contribution in [3.63, 3.8) is 0 Å². The van der Waals surface area contributed by atoms with Crippen molar-refractivity contribution < 1.29 is 0 Å². The molecule has 0 atom stereocenters. The third-order valence-corrected chi connectivity index (χ3v) is 4.79. The lowest BCUT2D eigenvalue weighted by Gasteiger charge is -2.31. The van der Waals surface area contributed by atoms with Crippen molar-refractivity contribution >= 4 is 34.4 Å². The summed E-state index contributed by atoms with van der Waals surface area (Å²) >= 11 is 12.1. The lowest BCUT2D eigenvalue weighted by molar-refractivity contribution is 0.181. The van der Waals surface area contributed by atoms with Crippen molar-refractivity contribution in [1.29, 1.82) is 0 Å². The van der Waals surface area contributed by atoms with Gasteiger partial charge in [-0.15, -0.1) is 11.6 Å². The van der Waals surface area contributed by atoms with Crippen LogP contribution in [0.25, 0.3) is 11.2 Å². The Kier molecular flexibility index (Phi) is 4.67. The van der Waals surface area contributed by atoms with Gasteiger partial charge in [0.2, 0.25) is 0 Å². The first kappa shape index (κ1) is 15.1. The molecule has 2 aromatic rings. The molecule has 1 saturated heterocycles. The lowest BCUT2D eigenvalue weighted by Crippen LogP contribution is -2.34. The van der Waals surface area contributed by atoms with Crippen molar-refractivity contribution in [2.45, 2.75) is 32.2 Å². The van der Waals surface area contributed by atoms with Gasteiger partial charge in [-0.2, -0.15) is 0 Å². The van der Waals surface area contributed by atoms with Crippen molar-refractivity contribution in [1.82, 2.24) is 19.4 Å². The van der Waals surface area contributed by atoms with Crippen LogP contribution in [0.4, 0.5) is 0 Å². The molecule has 0 aromatic carbocycles. The Balaban J connectivity index is 1.83. The first-order chi connectivity index (χ1) is 10.2. The van der Waals surface area contributed by atoms with E-state index >= 15 is 0 Å². The Morgan fingerprint density at radius 3 is 2.76 bits per heavy atom. The number of hydrogen-bond donors (Lipinski definition) is 0. The molecular weight excluding hydrogens is 307 g/mol. The van der Waals surface area contributed by atoms with E-state index in [2.05, 4.69) is 26.4 Å². The summed E-state index contributed by atoms with van der Waals surface area (Å²) in [6.45, 7) is 6.69. The molecule has 3 heterocycles. The van der Waals surface area contributed by atoms with Crippen LogP contribution in [0.15, 0.2) is 12.3 Å². The van der Waals surface area contributed by atoms with Crippen molar-refractivity contribution in [2.75, 3.05) is 19.6 Å². The fourth-order valence-electron chi connectivity index (χ4n) is 3.07. The molecule has 0 aliphatic carbocycles. The smallest absolute Gasteiger partial charge is 0.160 e. The minimum Gasteiger partial charge on any atom is -0.311 e. The number of aromatic nitrogens is 3. The van der Waals surface area contributed by atoms with E-state index in [1.807, 2.05) is 6.07 Å². The predicted molar refractivity (Wildman–Crippen MR) is 86.9 cm³/mol. The fraction of sp³-hybridized carbons (Fsp3) is 0.600. The first-order valence-electron chi connectivity index (χ1n) is 7.50. The van der Waals surface area contributed by atoms with Crippen LogP contribution in [-0.2, 0) is 12.4 Å². The summed E-state index contributed by atoms with van der Waals surface area (Å²) in [4.78, 5) is 11.5. The van der Waals surface area contributed by atoms with Crippen LogP contribution in [0.5, 0.6) is 0 Å². The predicted octanol–water partition coefficient (Wildman–Crippen LogP) is 3.56. The lowest BCUT2D eigenvalue weighted by atomic mass is 9.96. The summed E-state index contributed by atoms with van der Waals surface area (Å²) in [7, 11) is 0. The summed E-state index contributed by atoms with van der Waals surface area (Å²) in [6, 6.07) is 1.86. The maximum absolute atomic E-state index is 6.05. The van der Waals surface area contributed by atoms with Gasteiger partial charge in [0, 0.05) is 12.7 Å². The number of nitrogens with zero attached hydrogens (tertiary/aromatic N) is 4. The molecule has 4 nitrogen and oxygen atoms in total. The summed E-state index contributed by atoms with van der Waals surface area (Å²) < 4.78 is 2.17. The number of hydrogen-bond acceptors (Lipinski definition) is 3. The molecule has 6 heteroatoms. The maximum atomic E-state index is 6.05. The second kappa shape index (κ2) is 6.51. The Bertz CT molecular complexity index is 617. The largest absolute Gasteiger partial charge is 0.311 e. The van der Waals surface area contributed by atoms with Gasteiger partial charge in [0.05, 0.1) is 10.9 Å². The monoisotopic (exact) mass is 326 g/mol. The highest BCUT2D eigenvalue weighted by atomic mass is 35.5.